The molecule has 10 heteroatoms. The third-order valence-corrected chi connectivity index (χ3v) is 6.42. The lowest BCUT2D eigenvalue weighted by Crippen LogP contribution is -2.55. The molecule has 1 heterocycles. The molecule has 0 saturated heterocycles. The number of rotatable bonds is 6. The summed E-state index contributed by atoms with van der Waals surface area (Å²) >= 11 is 0. The predicted octanol–water partition coefficient (Wildman–Crippen LogP) is 3.77. The molecule has 1 aromatic carbocycles. The van der Waals surface area contributed by atoms with Gasteiger partial charge in [-0.25, -0.2) is 9.59 Å². The number of carbonyl (C=O) groups is 3. The Morgan fingerprint density at radius 3 is 2.28 bits per heavy atom. The molecule has 10 nitrogen and oxygen atoms in total. The standard InChI is InChI=1S/C26H33N3O7/c1-15-19(22(30)28-26(12-7-8-13-26)24(32)36-25(3,4)5)21(20(16(2)27-15)23(31)35-6)17-10-9-11-18(14-17)29(33)34/h9-11,14,21,27H,7-8,12-13H2,1-6H3,(H,28,30). The number of nitrogens with zero attached hydrogens (tertiary/aromatic N) is 1. The fourth-order valence-corrected chi connectivity index (χ4v) is 4.85. The van der Waals surface area contributed by atoms with Crippen LogP contribution in [0, 0.1) is 10.1 Å². The average Bonchev–Trinajstić information content (AvgIpc) is 3.26. The number of allylic oxidation sites excluding steroid dienone is 2. The van der Waals surface area contributed by atoms with Crippen molar-refractivity contribution in [2.24, 2.45) is 0 Å². The van der Waals surface area contributed by atoms with Gasteiger partial charge in [0.2, 0.25) is 0 Å². The summed E-state index contributed by atoms with van der Waals surface area (Å²) in [5.74, 6) is -2.68. The van der Waals surface area contributed by atoms with E-state index in [0.717, 1.165) is 12.8 Å². The summed E-state index contributed by atoms with van der Waals surface area (Å²) in [5, 5.41) is 17.4. The van der Waals surface area contributed by atoms with E-state index in [9.17, 15) is 24.5 Å². The lowest BCUT2D eigenvalue weighted by molar-refractivity contribution is -0.384. The van der Waals surface area contributed by atoms with Crippen molar-refractivity contribution in [2.45, 2.75) is 77.4 Å². The van der Waals surface area contributed by atoms with E-state index >= 15 is 0 Å². The van der Waals surface area contributed by atoms with Crippen molar-refractivity contribution in [1.82, 2.24) is 10.6 Å². The molecule has 0 spiro atoms. The Bertz CT molecular complexity index is 1150. The van der Waals surface area contributed by atoms with Crippen LogP contribution in [-0.4, -0.2) is 41.0 Å². The molecule has 1 unspecified atom stereocenters. The van der Waals surface area contributed by atoms with Gasteiger partial charge in [0, 0.05) is 29.1 Å². The summed E-state index contributed by atoms with van der Waals surface area (Å²) in [6.07, 6.45) is 2.34. The molecular weight excluding hydrogens is 466 g/mol. The second kappa shape index (κ2) is 10.1. The molecule has 1 amide bonds. The van der Waals surface area contributed by atoms with Crippen molar-refractivity contribution in [1.29, 1.82) is 0 Å². The number of hydrogen-bond acceptors (Lipinski definition) is 8. The maximum atomic E-state index is 13.9. The number of non-ortho nitro benzene ring substituents is 1. The van der Waals surface area contributed by atoms with Crippen LogP contribution >= 0.6 is 0 Å². The number of ether oxygens (including phenoxy) is 2. The zero-order valence-corrected chi connectivity index (χ0v) is 21.5. The number of carbonyl (C=O) groups excluding carboxylic acids is 3. The zero-order chi connectivity index (χ0) is 26.8. The molecule has 3 rings (SSSR count). The number of methoxy groups -OCH3 is 1. The molecule has 1 atom stereocenters. The number of amides is 1. The molecule has 0 aromatic heterocycles. The summed E-state index contributed by atoms with van der Waals surface area (Å²) < 4.78 is 10.6. The molecule has 1 aromatic rings. The van der Waals surface area contributed by atoms with E-state index in [1.54, 1.807) is 40.7 Å². The fourth-order valence-electron chi connectivity index (χ4n) is 4.85. The van der Waals surface area contributed by atoms with Crippen molar-refractivity contribution in [3.05, 3.63) is 62.5 Å². The molecule has 1 fully saturated rings. The highest BCUT2D eigenvalue weighted by molar-refractivity contribution is 6.04. The number of nitro groups is 1. The van der Waals surface area contributed by atoms with E-state index in [-0.39, 0.29) is 16.8 Å². The van der Waals surface area contributed by atoms with Gasteiger partial charge in [0.25, 0.3) is 11.6 Å². The lowest BCUT2D eigenvalue weighted by Gasteiger charge is -2.35. The van der Waals surface area contributed by atoms with Gasteiger partial charge in [0.15, 0.2) is 0 Å². The van der Waals surface area contributed by atoms with E-state index in [4.69, 9.17) is 9.47 Å². The van der Waals surface area contributed by atoms with Crippen LogP contribution in [0.15, 0.2) is 46.8 Å². The molecule has 0 bridgehead atoms. The number of benzene rings is 1. The summed E-state index contributed by atoms with van der Waals surface area (Å²) in [5.41, 5.74) is -0.460. The maximum Gasteiger partial charge on any atom is 0.336 e. The van der Waals surface area contributed by atoms with Gasteiger partial charge in [0.1, 0.15) is 11.1 Å². The van der Waals surface area contributed by atoms with Gasteiger partial charge in [-0.05, 0) is 53.0 Å². The highest BCUT2D eigenvalue weighted by Crippen LogP contribution is 2.41. The molecule has 2 N–H and O–H groups in total. The topological polar surface area (TPSA) is 137 Å². The normalized spacial score (nSPS) is 19.4. The number of nitro benzene ring substituents is 1. The van der Waals surface area contributed by atoms with Gasteiger partial charge in [-0.2, -0.15) is 0 Å². The number of hydrogen-bond donors (Lipinski definition) is 2. The molecule has 1 aliphatic heterocycles. The van der Waals surface area contributed by atoms with Crippen molar-refractivity contribution >= 4 is 23.5 Å². The molecule has 2 aliphatic rings. The fraction of sp³-hybridized carbons (Fsp3) is 0.500. The Morgan fingerprint density at radius 2 is 1.72 bits per heavy atom. The first-order valence-corrected chi connectivity index (χ1v) is 11.9. The van der Waals surface area contributed by atoms with Crippen LogP contribution in [0.2, 0.25) is 0 Å². The minimum absolute atomic E-state index is 0.159. The van der Waals surface area contributed by atoms with Gasteiger partial charge >= 0.3 is 11.9 Å². The number of dihydropyridines is 1. The Labute approximate surface area is 210 Å². The van der Waals surface area contributed by atoms with Gasteiger partial charge < -0.3 is 20.1 Å². The van der Waals surface area contributed by atoms with Gasteiger partial charge in [-0.15, -0.1) is 0 Å². The smallest absolute Gasteiger partial charge is 0.336 e. The van der Waals surface area contributed by atoms with E-state index in [1.165, 1.54) is 25.3 Å². The molecule has 0 radical (unpaired) electrons. The van der Waals surface area contributed by atoms with Gasteiger partial charge in [-0.3, -0.25) is 14.9 Å². The van der Waals surface area contributed by atoms with E-state index in [0.29, 0.717) is 29.8 Å². The first kappa shape index (κ1) is 26.9. The lowest BCUT2D eigenvalue weighted by atomic mass is 9.79. The van der Waals surface area contributed by atoms with Crippen molar-refractivity contribution in [3.8, 4) is 0 Å². The second-order valence-corrected chi connectivity index (χ2v) is 10.2. The minimum atomic E-state index is -1.20. The molecule has 1 saturated carbocycles. The zero-order valence-electron chi connectivity index (χ0n) is 21.5. The maximum absolute atomic E-state index is 13.9. The molecular formula is C26H33N3O7. The van der Waals surface area contributed by atoms with E-state index < -0.39 is 39.8 Å². The van der Waals surface area contributed by atoms with Crippen LogP contribution in [0.1, 0.15) is 71.8 Å². The largest absolute Gasteiger partial charge is 0.466 e. The van der Waals surface area contributed by atoms with Crippen molar-refractivity contribution in [2.75, 3.05) is 7.11 Å². The number of nitrogens with one attached hydrogen (secondary N) is 2. The Hall–Kier alpha value is -3.69. The Balaban J connectivity index is 2.10. The van der Waals surface area contributed by atoms with Crippen LogP contribution in [0.5, 0.6) is 0 Å². The SMILES string of the molecule is COC(=O)C1=C(C)NC(C)=C(C(=O)NC2(C(=O)OC(C)(C)C)CCCC2)C1c1cccc([N+](=O)[O-])c1. The summed E-state index contributed by atoms with van der Waals surface area (Å²) in [7, 11) is 1.23. The van der Waals surface area contributed by atoms with E-state index in [1.807, 2.05) is 0 Å². The number of esters is 2. The van der Waals surface area contributed by atoms with Gasteiger partial charge in [-0.1, -0.05) is 25.0 Å². The van der Waals surface area contributed by atoms with Crippen LogP contribution in [0.3, 0.4) is 0 Å². The second-order valence-electron chi connectivity index (χ2n) is 10.2. The average molecular weight is 500 g/mol. The Morgan fingerprint density at radius 1 is 1.11 bits per heavy atom. The quantitative estimate of drug-likeness (QED) is 0.343. The van der Waals surface area contributed by atoms with E-state index in [2.05, 4.69) is 10.6 Å². The third-order valence-electron chi connectivity index (χ3n) is 6.42. The molecule has 194 valence electrons. The highest BCUT2D eigenvalue weighted by atomic mass is 16.6. The van der Waals surface area contributed by atoms with Crippen LogP contribution in [0.4, 0.5) is 5.69 Å². The molecule has 36 heavy (non-hydrogen) atoms. The monoisotopic (exact) mass is 499 g/mol. The summed E-state index contributed by atoms with van der Waals surface area (Å²) in [6.45, 7) is 8.66. The predicted molar refractivity (Wildman–Crippen MR) is 132 cm³/mol. The highest BCUT2D eigenvalue weighted by Gasteiger charge is 2.47. The summed E-state index contributed by atoms with van der Waals surface area (Å²) in [6, 6.07) is 5.81. The molecule has 1 aliphatic carbocycles. The van der Waals surface area contributed by atoms with Crippen LogP contribution in [0.25, 0.3) is 0 Å². The van der Waals surface area contributed by atoms with Crippen LogP contribution < -0.4 is 10.6 Å². The van der Waals surface area contributed by atoms with Gasteiger partial charge in [0.05, 0.1) is 23.5 Å². The summed E-state index contributed by atoms with van der Waals surface area (Å²) in [4.78, 5) is 50.8. The van der Waals surface area contributed by atoms with Crippen LogP contribution in [-0.2, 0) is 23.9 Å². The van der Waals surface area contributed by atoms with Crippen molar-refractivity contribution in [3.63, 3.8) is 0 Å². The first-order valence-electron chi connectivity index (χ1n) is 11.9. The Kier molecular flexibility index (Phi) is 7.56. The third kappa shape index (κ3) is 5.42. The minimum Gasteiger partial charge on any atom is -0.466 e. The first-order chi connectivity index (χ1) is 16.8. The van der Waals surface area contributed by atoms with Crippen molar-refractivity contribution < 1.29 is 28.8 Å².